The number of esters is 1. The number of aliphatic hydroxyl groups is 1. The van der Waals surface area contributed by atoms with Crippen molar-refractivity contribution < 1.29 is 29.3 Å². The quantitative estimate of drug-likeness (QED) is 0.590. The molecule has 4 rings (SSSR count). The molecule has 0 radical (unpaired) electrons. The Hall–Kier alpha value is -1.43. The van der Waals surface area contributed by atoms with Gasteiger partial charge in [-0.05, 0) is 91.8 Å². The first kappa shape index (κ1) is 23.7. The fourth-order valence-corrected chi connectivity index (χ4v) is 8.56. The highest BCUT2D eigenvalue weighted by Gasteiger charge is 2.61. The molecule has 9 atom stereocenters. The topological polar surface area (TPSA) is 101 Å². The van der Waals surface area contributed by atoms with Crippen LogP contribution in [0.1, 0.15) is 85.0 Å². The normalized spacial score (nSPS) is 44.0. The Morgan fingerprint density at radius 3 is 2.38 bits per heavy atom. The third kappa shape index (κ3) is 4.01. The van der Waals surface area contributed by atoms with Crippen molar-refractivity contribution in [3.63, 3.8) is 0 Å². The van der Waals surface area contributed by atoms with E-state index in [-0.39, 0.29) is 23.7 Å². The first-order valence-electron chi connectivity index (χ1n) is 12.7. The van der Waals surface area contributed by atoms with Crippen LogP contribution < -0.4 is 0 Å². The molecular formula is C26H40O6. The Labute approximate surface area is 191 Å². The molecule has 180 valence electrons. The number of hydrogen-bond acceptors (Lipinski definition) is 5. The summed E-state index contributed by atoms with van der Waals surface area (Å²) >= 11 is 0. The van der Waals surface area contributed by atoms with Crippen molar-refractivity contribution in [1.29, 1.82) is 0 Å². The molecule has 4 aliphatic carbocycles. The third-order valence-corrected chi connectivity index (χ3v) is 10.3. The van der Waals surface area contributed by atoms with E-state index in [1.165, 1.54) is 38.5 Å². The highest BCUT2D eigenvalue weighted by atomic mass is 16.5. The molecule has 0 heterocycles. The van der Waals surface area contributed by atoms with E-state index in [4.69, 9.17) is 9.84 Å². The van der Waals surface area contributed by atoms with Crippen molar-refractivity contribution in [3.05, 3.63) is 0 Å². The summed E-state index contributed by atoms with van der Waals surface area (Å²) in [7, 11) is 0. The summed E-state index contributed by atoms with van der Waals surface area (Å²) in [6, 6.07) is 0. The number of hydrogen-bond donors (Lipinski definition) is 2. The lowest BCUT2D eigenvalue weighted by molar-refractivity contribution is -0.158. The van der Waals surface area contributed by atoms with Crippen molar-refractivity contribution in [2.45, 2.75) is 91.1 Å². The van der Waals surface area contributed by atoms with Gasteiger partial charge >= 0.3 is 11.9 Å². The predicted octanol–water partition coefficient (Wildman–Crippen LogP) is 4.23. The summed E-state index contributed by atoms with van der Waals surface area (Å²) in [5.74, 6) is 1.31. The molecule has 6 nitrogen and oxygen atoms in total. The molecule has 6 heteroatoms. The second-order valence-corrected chi connectivity index (χ2v) is 11.9. The molecule has 0 aromatic rings. The summed E-state index contributed by atoms with van der Waals surface area (Å²) < 4.78 is 5.05. The zero-order valence-electron chi connectivity index (χ0n) is 19.8. The van der Waals surface area contributed by atoms with Gasteiger partial charge in [-0.25, -0.2) is 4.79 Å². The summed E-state index contributed by atoms with van der Waals surface area (Å²) in [6.07, 6.45) is 8.49. The largest absolute Gasteiger partial charge is 0.479 e. The van der Waals surface area contributed by atoms with Crippen LogP contribution in [0.15, 0.2) is 0 Å². The number of carbonyl (C=O) groups excluding carboxylic acids is 2. The molecule has 4 unspecified atom stereocenters. The standard InChI is InChI=1S/C26H40O6/c1-15-8-10-25(2)16(12-15)4-5-17-18-6-7-20(26(18,3)11-9-19(17)25)22(28)14-32-23(29)13-21(27)24(30)31/h15-21,27H,4-14H2,1-3H3,(H,30,31)/t15-,16?,17-,18?,19?,20+,21?,25-,26-/m0/s1. The molecule has 0 amide bonds. The van der Waals surface area contributed by atoms with Crippen molar-refractivity contribution in [1.82, 2.24) is 0 Å². The fourth-order valence-electron chi connectivity index (χ4n) is 8.56. The second kappa shape index (κ2) is 8.73. The average molecular weight is 449 g/mol. The number of ketones is 1. The predicted molar refractivity (Wildman–Crippen MR) is 119 cm³/mol. The summed E-state index contributed by atoms with van der Waals surface area (Å²) in [4.78, 5) is 35.6. The van der Waals surface area contributed by atoms with E-state index in [0.717, 1.165) is 37.0 Å². The first-order valence-corrected chi connectivity index (χ1v) is 12.7. The van der Waals surface area contributed by atoms with Gasteiger partial charge in [0.25, 0.3) is 0 Å². The van der Waals surface area contributed by atoms with Gasteiger partial charge in [0.2, 0.25) is 0 Å². The lowest BCUT2D eigenvalue weighted by Gasteiger charge is -2.61. The van der Waals surface area contributed by atoms with Gasteiger partial charge in [0, 0.05) is 5.92 Å². The van der Waals surface area contributed by atoms with Gasteiger partial charge in [0.1, 0.15) is 6.61 Å². The van der Waals surface area contributed by atoms with Crippen LogP contribution in [0, 0.1) is 46.3 Å². The highest BCUT2D eigenvalue weighted by Crippen LogP contribution is 2.67. The fraction of sp³-hybridized carbons (Fsp3) is 0.885. The average Bonchev–Trinajstić information content (AvgIpc) is 3.09. The Morgan fingerprint density at radius 2 is 1.66 bits per heavy atom. The lowest BCUT2D eigenvalue weighted by atomic mass is 9.44. The molecule has 4 aliphatic rings. The van der Waals surface area contributed by atoms with Crippen LogP contribution in [-0.2, 0) is 19.1 Å². The Bertz CT molecular complexity index is 763. The van der Waals surface area contributed by atoms with Gasteiger partial charge < -0.3 is 14.9 Å². The maximum absolute atomic E-state index is 13.1. The maximum Gasteiger partial charge on any atom is 0.333 e. The van der Waals surface area contributed by atoms with E-state index in [1.54, 1.807) is 0 Å². The van der Waals surface area contributed by atoms with Crippen molar-refractivity contribution >= 4 is 17.7 Å². The monoisotopic (exact) mass is 448 g/mol. The molecule has 0 spiro atoms. The maximum atomic E-state index is 13.1. The summed E-state index contributed by atoms with van der Waals surface area (Å²) in [6.45, 7) is 6.94. The Balaban J connectivity index is 1.40. The number of carbonyl (C=O) groups is 3. The number of aliphatic hydroxyl groups excluding tert-OH is 1. The first-order chi connectivity index (χ1) is 15.1. The Kier molecular flexibility index (Phi) is 6.47. The van der Waals surface area contributed by atoms with E-state index in [0.29, 0.717) is 17.3 Å². The lowest BCUT2D eigenvalue weighted by Crippen LogP contribution is -2.53. The highest BCUT2D eigenvalue weighted by molar-refractivity contribution is 5.86. The van der Waals surface area contributed by atoms with Gasteiger partial charge in [-0.3, -0.25) is 9.59 Å². The molecule has 2 N–H and O–H groups in total. The number of Topliss-reactive ketones (excluding diaryl/α,β-unsaturated/α-hetero) is 1. The second-order valence-electron chi connectivity index (χ2n) is 11.9. The minimum Gasteiger partial charge on any atom is -0.479 e. The SMILES string of the molecule is C[C@H]1CC[C@@]2(C)C(CC[C@@H]3C2CC[C@@]2(C)C3CC[C@@H]2C(=O)COC(=O)CC(O)C(=O)O)C1. The van der Waals surface area contributed by atoms with E-state index in [1.807, 2.05) is 0 Å². The van der Waals surface area contributed by atoms with Crippen molar-refractivity contribution in [2.75, 3.05) is 6.61 Å². The van der Waals surface area contributed by atoms with Crippen LogP contribution >= 0.6 is 0 Å². The van der Waals surface area contributed by atoms with Crippen molar-refractivity contribution in [3.8, 4) is 0 Å². The molecule has 0 bridgehead atoms. The molecule has 4 fully saturated rings. The van der Waals surface area contributed by atoms with E-state index in [9.17, 15) is 19.5 Å². The number of carboxylic acid groups (broad SMARTS) is 1. The third-order valence-electron chi connectivity index (χ3n) is 10.3. The van der Waals surface area contributed by atoms with Crippen LogP contribution in [0.2, 0.25) is 0 Å². The minimum absolute atomic E-state index is 0.0314. The smallest absolute Gasteiger partial charge is 0.333 e. The zero-order chi connectivity index (χ0) is 23.3. The van der Waals surface area contributed by atoms with Crippen LogP contribution in [0.3, 0.4) is 0 Å². The van der Waals surface area contributed by atoms with Crippen LogP contribution in [-0.4, -0.2) is 40.6 Å². The Morgan fingerprint density at radius 1 is 0.969 bits per heavy atom. The van der Waals surface area contributed by atoms with E-state index >= 15 is 0 Å². The molecule has 32 heavy (non-hydrogen) atoms. The van der Waals surface area contributed by atoms with Gasteiger partial charge in [-0.2, -0.15) is 0 Å². The molecule has 0 aromatic carbocycles. The number of ether oxygens (including phenoxy) is 1. The van der Waals surface area contributed by atoms with Gasteiger partial charge in [-0.1, -0.05) is 27.2 Å². The number of rotatable bonds is 6. The summed E-state index contributed by atoms with van der Waals surface area (Å²) in [5, 5.41) is 18.0. The van der Waals surface area contributed by atoms with Crippen LogP contribution in [0.25, 0.3) is 0 Å². The van der Waals surface area contributed by atoms with Gasteiger partial charge in [0.05, 0.1) is 6.42 Å². The zero-order valence-corrected chi connectivity index (χ0v) is 19.8. The van der Waals surface area contributed by atoms with Crippen molar-refractivity contribution in [2.24, 2.45) is 46.3 Å². The van der Waals surface area contributed by atoms with Gasteiger partial charge in [0.15, 0.2) is 11.9 Å². The molecule has 0 aromatic heterocycles. The number of carboxylic acids is 1. The number of fused-ring (bicyclic) bond motifs is 5. The number of aliphatic carboxylic acids is 1. The molecular weight excluding hydrogens is 408 g/mol. The van der Waals surface area contributed by atoms with Crippen LogP contribution in [0.5, 0.6) is 0 Å². The van der Waals surface area contributed by atoms with E-state index in [2.05, 4.69) is 20.8 Å². The van der Waals surface area contributed by atoms with E-state index < -0.39 is 24.5 Å². The van der Waals surface area contributed by atoms with Gasteiger partial charge in [-0.15, -0.1) is 0 Å². The molecule has 0 saturated heterocycles. The molecule has 4 saturated carbocycles. The minimum atomic E-state index is -1.79. The summed E-state index contributed by atoms with van der Waals surface area (Å²) in [5.41, 5.74) is 0.426. The molecule has 0 aliphatic heterocycles. The van der Waals surface area contributed by atoms with Crippen LogP contribution in [0.4, 0.5) is 0 Å².